The Morgan fingerprint density at radius 3 is 2.79 bits per heavy atom. The SMILES string of the molecule is CNCc1cnc(Oc2cc(F)cc(Br)c2)nc1C. The summed E-state index contributed by atoms with van der Waals surface area (Å²) in [5.74, 6) is -0.0273. The topological polar surface area (TPSA) is 47.0 Å². The second-order valence-corrected chi connectivity index (χ2v) is 4.92. The first-order valence-corrected chi connectivity index (χ1v) is 6.49. The number of rotatable bonds is 4. The first kappa shape index (κ1) is 13.9. The van der Waals surface area contributed by atoms with Crippen LogP contribution in [-0.4, -0.2) is 17.0 Å². The molecule has 0 saturated heterocycles. The van der Waals surface area contributed by atoms with E-state index in [0.29, 0.717) is 16.8 Å². The van der Waals surface area contributed by atoms with Crippen molar-refractivity contribution in [3.05, 3.63) is 45.9 Å². The molecule has 0 atom stereocenters. The Morgan fingerprint density at radius 1 is 1.37 bits per heavy atom. The highest BCUT2D eigenvalue weighted by molar-refractivity contribution is 9.10. The maximum atomic E-state index is 13.2. The van der Waals surface area contributed by atoms with Gasteiger partial charge in [-0.05, 0) is 26.1 Å². The molecule has 0 amide bonds. The number of ether oxygens (including phenoxy) is 1. The summed E-state index contributed by atoms with van der Waals surface area (Å²) in [4.78, 5) is 8.34. The molecule has 0 spiro atoms. The first-order chi connectivity index (χ1) is 9.08. The normalized spacial score (nSPS) is 10.5. The molecule has 0 radical (unpaired) electrons. The zero-order chi connectivity index (χ0) is 13.8. The second-order valence-electron chi connectivity index (χ2n) is 4.00. The number of aromatic nitrogens is 2. The summed E-state index contributed by atoms with van der Waals surface area (Å²) in [6.45, 7) is 2.57. The third-order valence-corrected chi connectivity index (χ3v) is 2.93. The molecule has 0 aliphatic rings. The lowest BCUT2D eigenvalue weighted by atomic mass is 10.2. The number of nitrogens with zero attached hydrogens (tertiary/aromatic N) is 2. The third-order valence-electron chi connectivity index (χ3n) is 2.47. The van der Waals surface area contributed by atoms with E-state index in [0.717, 1.165) is 11.3 Å². The minimum Gasteiger partial charge on any atom is -0.424 e. The van der Waals surface area contributed by atoms with Gasteiger partial charge in [-0.3, -0.25) is 0 Å². The molecule has 1 N–H and O–H groups in total. The predicted octanol–water partition coefficient (Wildman–Crippen LogP) is 3.20. The molecule has 19 heavy (non-hydrogen) atoms. The predicted molar refractivity (Wildman–Crippen MR) is 73.7 cm³/mol. The van der Waals surface area contributed by atoms with Crippen LogP contribution >= 0.6 is 15.9 Å². The molecule has 4 nitrogen and oxygen atoms in total. The standard InChI is InChI=1S/C13H13BrFN3O/c1-8-9(6-16-2)7-17-13(18-8)19-12-4-10(14)3-11(15)5-12/h3-5,7,16H,6H2,1-2H3. The number of hydrogen-bond donors (Lipinski definition) is 1. The van der Waals surface area contributed by atoms with Gasteiger partial charge >= 0.3 is 6.01 Å². The molecule has 0 fully saturated rings. The van der Waals surface area contributed by atoms with Gasteiger partial charge in [-0.2, -0.15) is 4.98 Å². The Kier molecular flexibility index (Phi) is 4.44. The molecule has 100 valence electrons. The number of benzene rings is 1. The van der Waals surface area contributed by atoms with Gasteiger partial charge < -0.3 is 10.1 Å². The van der Waals surface area contributed by atoms with E-state index in [2.05, 4.69) is 31.2 Å². The average Bonchev–Trinajstić information content (AvgIpc) is 2.31. The van der Waals surface area contributed by atoms with Crippen molar-refractivity contribution in [2.75, 3.05) is 7.05 Å². The zero-order valence-electron chi connectivity index (χ0n) is 10.6. The molecule has 2 aromatic rings. The largest absolute Gasteiger partial charge is 0.424 e. The van der Waals surface area contributed by atoms with Gasteiger partial charge in [0.2, 0.25) is 0 Å². The Bertz CT molecular complexity index is 572. The average molecular weight is 326 g/mol. The maximum Gasteiger partial charge on any atom is 0.322 e. The number of aryl methyl sites for hydroxylation is 1. The Labute approximate surface area is 119 Å². The molecule has 0 aliphatic heterocycles. The van der Waals surface area contributed by atoms with Gasteiger partial charge in [0.1, 0.15) is 11.6 Å². The van der Waals surface area contributed by atoms with Crippen molar-refractivity contribution in [1.82, 2.24) is 15.3 Å². The monoisotopic (exact) mass is 325 g/mol. The van der Waals surface area contributed by atoms with Crippen LogP contribution in [0.5, 0.6) is 11.8 Å². The van der Waals surface area contributed by atoms with Crippen LogP contribution in [0.25, 0.3) is 0 Å². The van der Waals surface area contributed by atoms with Gasteiger partial charge in [-0.15, -0.1) is 0 Å². The van der Waals surface area contributed by atoms with Crippen LogP contribution in [0.1, 0.15) is 11.3 Å². The van der Waals surface area contributed by atoms with E-state index >= 15 is 0 Å². The molecule has 0 bridgehead atoms. The lowest BCUT2D eigenvalue weighted by molar-refractivity contribution is 0.435. The molecule has 0 aliphatic carbocycles. The number of halogens is 2. The van der Waals surface area contributed by atoms with E-state index in [1.54, 1.807) is 12.3 Å². The molecule has 6 heteroatoms. The number of nitrogens with one attached hydrogen (secondary N) is 1. The van der Waals surface area contributed by atoms with Gasteiger partial charge in [-0.1, -0.05) is 15.9 Å². The molecule has 0 saturated carbocycles. The molecule has 0 unspecified atom stereocenters. The molecular weight excluding hydrogens is 313 g/mol. The van der Waals surface area contributed by atoms with Gasteiger partial charge in [0, 0.05) is 34.5 Å². The summed E-state index contributed by atoms with van der Waals surface area (Å²) in [5.41, 5.74) is 1.82. The van der Waals surface area contributed by atoms with Crippen molar-refractivity contribution in [2.45, 2.75) is 13.5 Å². The molecule has 2 rings (SSSR count). The third kappa shape index (κ3) is 3.71. The van der Waals surface area contributed by atoms with Crippen molar-refractivity contribution in [1.29, 1.82) is 0 Å². The fraction of sp³-hybridized carbons (Fsp3) is 0.231. The van der Waals surface area contributed by atoms with Gasteiger partial charge in [0.05, 0.1) is 0 Å². The van der Waals surface area contributed by atoms with Gasteiger partial charge in [0.25, 0.3) is 0 Å². The van der Waals surface area contributed by atoms with E-state index in [1.807, 2.05) is 14.0 Å². The fourth-order valence-electron chi connectivity index (χ4n) is 1.58. The lowest BCUT2D eigenvalue weighted by Gasteiger charge is -2.08. The zero-order valence-corrected chi connectivity index (χ0v) is 12.2. The smallest absolute Gasteiger partial charge is 0.322 e. The summed E-state index contributed by atoms with van der Waals surface area (Å²) in [7, 11) is 1.86. The summed E-state index contributed by atoms with van der Waals surface area (Å²) >= 11 is 3.20. The highest BCUT2D eigenvalue weighted by atomic mass is 79.9. The van der Waals surface area contributed by atoms with E-state index in [9.17, 15) is 4.39 Å². The minimum atomic E-state index is -0.382. The van der Waals surface area contributed by atoms with Crippen LogP contribution in [0, 0.1) is 12.7 Å². The maximum absolute atomic E-state index is 13.2. The second kappa shape index (κ2) is 6.08. The van der Waals surface area contributed by atoms with E-state index in [1.165, 1.54) is 12.1 Å². The lowest BCUT2D eigenvalue weighted by Crippen LogP contribution is -2.08. The minimum absolute atomic E-state index is 0.204. The molecule has 1 aromatic heterocycles. The summed E-state index contributed by atoms with van der Waals surface area (Å²) in [5, 5.41) is 3.03. The van der Waals surface area contributed by atoms with E-state index < -0.39 is 0 Å². The first-order valence-electron chi connectivity index (χ1n) is 5.69. The van der Waals surface area contributed by atoms with Crippen LogP contribution in [0.3, 0.4) is 0 Å². The van der Waals surface area contributed by atoms with Crippen LogP contribution in [0.4, 0.5) is 4.39 Å². The quantitative estimate of drug-likeness (QED) is 0.937. The summed E-state index contributed by atoms with van der Waals surface area (Å²) in [6, 6.07) is 4.50. The molecular formula is C13H13BrFN3O. The van der Waals surface area contributed by atoms with Crippen LogP contribution in [0.15, 0.2) is 28.9 Å². The van der Waals surface area contributed by atoms with Crippen LogP contribution in [-0.2, 0) is 6.54 Å². The van der Waals surface area contributed by atoms with Crippen molar-refractivity contribution < 1.29 is 9.13 Å². The highest BCUT2D eigenvalue weighted by Gasteiger charge is 2.06. The Morgan fingerprint density at radius 2 is 2.16 bits per heavy atom. The van der Waals surface area contributed by atoms with E-state index in [-0.39, 0.29) is 11.8 Å². The highest BCUT2D eigenvalue weighted by Crippen LogP contribution is 2.24. The Hall–Kier alpha value is -1.53. The summed E-state index contributed by atoms with van der Waals surface area (Å²) in [6.07, 6.45) is 1.70. The Balaban J connectivity index is 2.21. The van der Waals surface area contributed by atoms with Crippen molar-refractivity contribution >= 4 is 15.9 Å². The van der Waals surface area contributed by atoms with E-state index in [4.69, 9.17) is 4.74 Å². The summed E-state index contributed by atoms with van der Waals surface area (Å²) < 4.78 is 19.3. The van der Waals surface area contributed by atoms with Crippen molar-refractivity contribution in [2.24, 2.45) is 0 Å². The van der Waals surface area contributed by atoms with Gasteiger partial charge in [0.15, 0.2) is 0 Å². The van der Waals surface area contributed by atoms with Crippen molar-refractivity contribution in [3.63, 3.8) is 0 Å². The van der Waals surface area contributed by atoms with Crippen LogP contribution in [0.2, 0.25) is 0 Å². The molecule has 1 aromatic carbocycles. The molecule has 1 heterocycles. The van der Waals surface area contributed by atoms with Crippen molar-refractivity contribution in [3.8, 4) is 11.8 Å². The van der Waals surface area contributed by atoms with Crippen LogP contribution < -0.4 is 10.1 Å². The van der Waals surface area contributed by atoms with Gasteiger partial charge in [-0.25, -0.2) is 9.37 Å². The number of hydrogen-bond acceptors (Lipinski definition) is 4. The fourth-order valence-corrected chi connectivity index (χ4v) is 2.02.